The van der Waals surface area contributed by atoms with E-state index in [-0.39, 0.29) is 16.9 Å². The summed E-state index contributed by atoms with van der Waals surface area (Å²) in [6.07, 6.45) is 1.16. The van der Waals surface area contributed by atoms with Crippen molar-refractivity contribution >= 4 is 17.6 Å². The summed E-state index contributed by atoms with van der Waals surface area (Å²) >= 11 is 0. The third-order valence-corrected chi connectivity index (χ3v) is 3.30. The Balaban J connectivity index is 2.33. The molecule has 120 valence electrons. The van der Waals surface area contributed by atoms with Gasteiger partial charge < -0.3 is 20.6 Å². The smallest absolute Gasteiger partial charge is 0.339 e. The average Bonchev–Trinajstić information content (AvgIpc) is 2.46. The Morgan fingerprint density at radius 2 is 1.87 bits per heavy atom. The van der Waals surface area contributed by atoms with Crippen LogP contribution in [0.25, 0.3) is 0 Å². The molecule has 2 aromatic carbocycles. The van der Waals surface area contributed by atoms with Crippen molar-refractivity contribution in [1.29, 1.82) is 0 Å². The first-order valence-corrected chi connectivity index (χ1v) is 7.12. The first-order valence-electron chi connectivity index (χ1n) is 7.12. The maximum atomic E-state index is 12.1. The molecular formula is C17H17NO5. The largest absolute Gasteiger partial charge is 0.508 e. The number of carboxylic acid groups (broad SMARTS) is 1. The predicted molar refractivity (Wildman–Crippen MR) is 85.1 cm³/mol. The number of phenols is 2. The molecule has 0 radical (unpaired) electrons. The Bertz CT molecular complexity index is 755. The molecule has 0 unspecified atom stereocenters. The van der Waals surface area contributed by atoms with Crippen LogP contribution in [0.15, 0.2) is 36.4 Å². The van der Waals surface area contributed by atoms with Crippen molar-refractivity contribution in [2.45, 2.75) is 19.8 Å². The van der Waals surface area contributed by atoms with Gasteiger partial charge in [-0.05, 0) is 36.2 Å². The number of hydrogen-bond donors (Lipinski definition) is 4. The molecule has 0 bridgehead atoms. The topological polar surface area (TPSA) is 107 Å². The number of anilines is 1. The van der Waals surface area contributed by atoms with Crippen LogP contribution in [0, 0.1) is 0 Å². The lowest BCUT2D eigenvalue weighted by Gasteiger charge is -2.12. The number of benzene rings is 2. The van der Waals surface area contributed by atoms with E-state index in [1.165, 1.54) is 36.4 Å². The summed E-state index contributed by atoms with van der Waals surface area (Å²) in [5.74, 6) is -2.11. The number of aromatic carboxylic acids is 1. The van der Waals surface area contributed by atoms with Crippen molar-refractivity contribution < 1.29 is 24.9 Å². The molecule has 0 saturated carbocycles. The number of aromatic hydroxyl groups is 2. The van der Waals surface area contributed by atoms with Gasteiger partial charge in [-0.25, -0.2) is 4.79 Å². The molecule has 2 rings (SSSR count). The van der Waals surface area contributed by atoms with E-state index in [2.05, 4.69) is 5.32 Å². The molecule has 0 aromatic heterocycles. The first-order chi connectivity index (χ1) is 10.9. The van der Waals surface area contributed by atoms with E-state index < -0.39 is 17.6 Å². The van der Waals surface area contributed by atoms with E-state index in [1.807, 2.05) is 6.92 Å². The van der Waals surface area contributed by atoms with Gasteiger partial charge in [0.2, 0.25) is 0 Å². The summed E-state index contributed by atoms with van der Waals surface area (Å²) in [6.45, 7) is 1.89. The van der Waals surface area contributed by atoms with Gasteiger partial charge in [-0.2, -0.15) is 0 Å². The van der Waals surface area contributed by atoms with Crippen molar-refractivity contribution in [3.63, 3.8) is 0 Å². The SMILES string of the molecule is CCCc1cc(NC(=O)c2cccc(O)c2)cc(O)c1C(=O)O. The van der Waals surface area contributed by atoms with E-state index in [4.69, 9.17) is 0 Å². The predicted octanol–water partition coefficient (Wildman–Crippen LogP) is 3.00. The molecule has 0 aliphatic rings. The molecule has 0 spiro atoms. The minimum atomic E-state index is -1.21. The molecule has 0 atom stereocenters. The molecule has 6 heteroatoms. The normalized spacial score (nSPS) is 10.3. The summed E-state index contributed by atoms with van der Waals surface area (Å²) < 4.78 is 0. The monoisotopic (exact) mass is 315 g/mol. The Morgan fingerprint density at radius 3 is 2.48 bits per heavy atom. The van der Waals surface area contributed by atoms with E-state index in [0.29, 0.717) is 24.1 Å². The number of amides is 1. The van der Waals surface area contributed by atoms with E-state index in [0.717, 1.165) is 0 Å². The van der Waals surface area contributed by atoms with E-state index >= 15 is 0 Å². The number of phenolic OH excluding ortho intramolecular Hbond substituents is 1. The zero-order valence-electron chi connectivity index (χ0n) is 12.5. The van der Waals surface area contributed by atoms with Crippen molar-refractivity contribution in [2.75, 3.05) is 5.32 Å². The van der Waals surface area contributed by atoms with Gasteiger partial charge in [0, 0.05) is 17.3 Å². The van der Waals surface area contributed by atoms with Crippen LogP contribution in [0.2, 0.25) is 0 Å². The van der Waals surface area contributed by atoms with Crippen LogP contribution in [0.5, 0.6) is 11.5 Å². The second-order valence-corrected chi connectivity index (χ2v) is 5.09. The van der Waals surface area contributed by atoms with Crippen molar-refractivity contribution in [3.05, 3.63) is 53.1 Å². The lowest BCUT2D eigenvalue weighted by Crippen LogP contribution is -2.13. The van der Waals surface area contributed by atoms with Gasteiger partial charge in [-0.1, -0.05) is 19.4 Å². The standard InChI is InChI=1S/C17H17NO5/c1-2-4-10-7-12(9-14(20)15(10)17(22)23)18-16(21)11-5-3-6-13(19)8-11/h3,5-9,19-20H,2,4H2,1H3,(H,18,21)(H,22,23). The highest BCUT2D eigenvalue weighted by atomic mass is 16.4. The zero-order valence-corrected chi connectivity index (χ0v) is 12.5. The van der Waals surface area contributed by atoms with Crippen LogP contribution >= 0.6 is 0 Å². The van der Waals surface area contributed by atoms with Crippen LogP contribution in [-0.2, 0) is 6.42 Å². The molecule has 0 aliphatic carbocycles. The summed E-state index contributed by atoms with van der Waals surface area (Å²) in [5, 5.41) is 31.1. The molecule has 0 heterocycles. The Labute approximate surface area is 133 Å². The fourth-order valence-electron chi connectivity index (χ4n) is 2.32. The fraction of sp³-hybridized carbons (Fsp3) is 0.176. The molecule has 6 nitrogen and oxygen atoms in total. The van der Waals surface area contributed by atoms with Crippen LogP contribution in [0.3, 0.4) is 0 Å². The van der Waals surface area contributed by atoms with Crippen molar-refractivity contribution in [3.8, 4) is 11.5 Å². The van der Waals surface area contributed by atoms with Crippen molar-refractivity contribution in [2.24, 2.45) is 0 Å². The molecule has 0 saturated heterocycles. The quantitative estimate of drug-likeness (QED) is 0.678. The lowest BCUT2D eigenvalue weighted by molar-refractivity contribution is 0.0692. The Kier molecular flexibility index (Phi) is 4.85. The number of aryl methyl sites for hydroxylation is 1. The molecule has 23 heavy (non-hydrogen) atoms. The molecule has 0 aliphatic heterocycles. The second-order valence-electron chi connectivity index (χ2n) is 5.09. The van der Waals surface area contributed by atoms with Crippen molar-refractivity contribution in [1.82, 2.24) is 0 Å². The molecule has 4 N–H and O–H groups in total. The minimum absolute atomic E-state index is 0.0339. The van der Waals surface area contributed by atoms with Gasteiger partial charge in [0.25, 0.3) is 5.91 Å². The second kappa shape index (κ2) is 6.83. The molecule has 1 amide bonds. The average molecular weight is 315 g/mol. The summed E-state index contributed by atoms with van der Waals surface area (Å²) in [5.41, 5.74) is 0.849. The van der Waals surface area contributed by atoms with Gasteiger partial charge in [-0.15, -0.1) is 0 Å². The molecule has 2 aromatic rings. The maximum Gasteiger partial charge on any atom is 0.339 e. The van der Waals surface area contributed by atoms with Gasteiger partial charge in [-0.3, -0.25) is 4.79 Å². The van der Waals surface area contributed by atoms with Crippen LogP contribution < -0.4 is 5.32 Å². The van der Waals surface area contributed by atoms with Crippen LogP contribution in [0.4, 0.5) is 5.69 Å². The number of carbonyl (C=O) groups excluding carboxylic acids is 1. The highest BCUT2D eigenvalue weighted by Gasteiger charge is 2.17. The van der Waals surface area contributed by atoms with Gasteiger partial charge >= 0.3 is 5.97 Å². The highest BCUT2D eigenvalue weighted by molar-refractivity contribution is 6.05. The van der Waals surface area contributed by atoms with E-state index in [9.17, 15) is 24.9 Å². The third kappa shape index (κ3) is 3.79. The van der Waals surface area contributed by atoms with E-state index in [1.54, 1.807) is 0 Å². The number of carboxylic acids is 1. The Hall–Kier alpha value is -3.02. The van der Waals surface area contributed by atoms with Gasteiger partial charge in [0.1, 0.15) is 17.1 Å². The Morgan fingerprint density at radius 1 is 1.13 bits per heavy atom. The number of nitrogens with one attached hydrogen (secondary N) is 1. The fourth-order valence-corrected chi connectivity index (χ4v) is 2.32. The number of hydrogen-bond acceptors (Lipinski definition) is 4. The van der Waals surface area contributed by atoms with Crippen LogP contribution in [0.1, 0.15) is 39.6 Å². The summed E-state index contributed by atoms with van der Waals surface area (Å²) in [6, 6.07) is 8.57. The zero-order chi connectivity index (χ0) is 17.0. The summed E-state index contributed by atoms with van der Waals surface area (Å²) in [4.78, 5) is 23.4. The third-order valence-electron chi connectivity index (χ3n) is 3.30. The van der Waals surface area contributed by atoms with Gasteiger partial charge in [0.15, 0.2) is 0 Å². The summed E-state index contributed by atoms with van der Waals surface area (Å²) in [7, 11) is 0. The number of carbonyl (C=O) groups is 2. The maximum absolute atomic E-state index is 12.1. The van der Waals surface area contributed by atoms with Gasteiger partial charge in [0.05, 0.1) is 0 Å². The number of rotatable bonds is 5. The van der Waals surface area contributed by atoms with Crippen LogP contribution in [-0.4, -0.2) is 27.2 Å². The molecular weight excluding hydrogens is 298 g/mol. The first kappa shape index (κ1) is 16.4. The molecule has 0 fully saturated rings. The highest BCUT2D eigenvalue weighted by Crippen LogP contribution is 2.28. The minimum Gasteiger partial charge on any atom is -0.508 e. The lowest BCUT2D eigenvalue weighted by atomic mass is 10.0.